The van der Waals surface area contributed by atoms with Crippen LogP contribution in [0.1, 0.15) is 34.5 Å². The number of hydrogen-bond donors (Lipinski definition) is 3. The number of carbonyl (C=O) groups excluding carboxylic acids is 1. The lowest BCUT2D eigenvalue weighted by atomic mass is 10.1. The Morgan fingerprint density at radius 2 is 1.94 bits per heavy atom. The van der Waals surface area contributed by atoms with Crippen molar-refractivity contribution in [3.63, 3.8) is 0 Å². The van der Waals surface area contributed by atoms with E-state index in [1.807, 2.05) is 12.1 Å². The molecule has 0 bridgehead atoms. The molecule has 0 spiro atoms. The topological polar surface area (TPSA) is 95.7 Å². The highest BCUT2D eigenvalue weighted by molar-refractivity contribution is 6.07. The van der Waals surface area contributed by atoms with E-state index in [9.17, 15) is 18.0 Å². The molecule has 0 radical (unpaired) electrons. The molecule has 1 amide bonds. The molecule has 0 aliphatic carbocycles. The monoisotopic (exact) mass is 459 g/mol. The molecule has 1 aliphatic rings. The molecule has 3 aromatic rings. The Labute approximate surface area is 188 Å². The van der Waals surface area contributed by atoms with Crippen molar-refractivity contribution in [2.75, 3.05) is 20.1 Å². The van der Waals surface area contributed by atoms with Crippen LogP contribution in [0.5, 0.6) is 11.5 Å². The van der Waals surface area contributed by atoms with Crippen LogP contribution in [-0.2, 0) is 12.7 Å². The van der Waals surface area contributed by atoms with Gasteiger partial charge >= 0.3 is 6.18 Å². The number of nitrogens with one attached hydrogen (secondary N) is 2. The Bertz CT molecular complexity index is 1200. The minimum absolute atomic E-state index is 0.0205. The number of carbonyl (C=O) groups is 1. The first kappa shape index (κ1) is 22.7. The van der Waals surface area contributed by atoms with Crippen LogP contribution in [0.3, 0.4) is 0 Å². The highest BCUT2D eigenvalue weighted by Gasteiger charge is 2.34. The number of hydrogen-bond acceptors (Lipinski definition) is 4. The number of halogens is 3. The van der Waals surface area contributed by atoms with Gasteiger partial charge in [0.05, 0.1) is 11.1 Å². The van der Waals surface area contributed by atoms with Gasteiger partial charge in [-0.2, -0.15) is 13.2 Å². The van der Waals surface area contributed by atoms with Gasteiger partial charge in [0.15, 0.2) is 5.96 Å². The van der Waals surface area contributed by atoms with Crippen molar-refractivity contribution in [1.29, 1.82) is 0 Å². The molecule has 174 valence electrons. The molecule has 10 heteroatoms. The third kappa shape index (κ3) is 5.11. The van der Waals surface area contributed by atoms with E-state index in [0.717, 1.165) is 43.6 Å². The number of likely N-dealkylation sites (tertiary alicyclic amines) is 1. The summed E-state index contributed by atoms with van der Waals surface area (Å²) in [7, 11) is 1.38. The smallest absolute Gasteiger partial charge is 0.417 e. The second kappa shape index (κ2) is 9.14. The van der Waals surface area contributed by atoms with E-state index in [1.54, 1.807) is 12.1 Å². The largest absolute Gasteiger partial charge is 0.457 e. The zero-order valence-electron chi connectivity index (χ0n) is 18.0. The Hall–Kier alpha value is -3.53. The van der Waals surface area contributed by atoms with E-state index in [4.69, 9.17) is 10.5 Å². The number of ether oxygens (including phenoxy) is 1. The van der Waals surface area contributed by atoms with Crippen molar-refractivity contribution >= 4 is 22.8 Å². The lowest BCUT2D eigenvalue weighted by Gasteiger charge is -2.18. The number of rotatable bonds is 5. The summed E-state index contributed by atoms with van der Waals surface area (Å²) >= 11 is 0. The highest BCUT2D eigenvalue weighted by Crippen LogP contribution is 2.39. The summed E-state index contributed by atoms with van der Waals surface area (Å²) in [5.41, 5.74) is 5.53. The summed E-state index contributed by atoms with van der Waals surface area (Å²) in [5.74, 6) is -0.324. The molecule has 0 unspecified atom stereocenters. The van der Waals surface area contributed by atoms with Gasteiger partial charge in [0, 0.05) is 30.6 Å². The average Bonchev–Trinajstić information content (AvgIpc) is 3.43. The Morgan fingerprint density at radius 3 is 2.64 bits per heavy atom. The molecule has 1 aliphatic heterocycles. The van der Waals surface area contributed by atoms with Gasteiger partial charge in [-0.25, -0.2) is 0 Å². The van der Waals surface area contributed by atoms with Crippen LogP contribution >= 0.6 is 0 Å². The molecule has 0 saturated carbocycles. The maximum atomic E-state index is 13.8. The standard InChI is InChI=1S/C23H24F3N5O2/c1-28-22(27)30-21(32)19-12-16-17(23(24,25)26)10-15(11-18(16)29-19)33-20-7-3-2-6-14(20)13-31-8-4-5-9-31/h2-3,6-7,10-12,29H,4-5,8-9,13H2,1H3,(H3,27,28,30,32). The molecular formula is C23H24F3N5O2. The van der Waals surface area contributed by atoms with Gasteiger partial charge in [0.25, 0.3) is 5.91 Å². The number of fused-ring (bicyclic) bond motifs is 1. The summed E-state index contributed by atoms with van der Waals surface area (Å²) in [6.45, 7) is 2.63. The maximum Gasteiger partial charge on any atom is 0.417 e. The number of para-hydroxylation sites is 1. The van der Waals surface area contributed by atoms with Crippen LogP contribution in [0.15, 0.2) is 47.5 Å². The minimum atomic E-state index is -4.65. The zero-order valence-corrected chi connectivity index (χ0v) is 18.0. The van der Waals surface area contributed by atoms with Gasteiger partial charge in [-0.1, -0.05) is 18.2 Å². The van der Waals surface area contributed by atoms with Crippen LogP contribution in [-0.4, -0.2) is 41.9 Å². The SMILES string of the molecule is CN=C(N)NC(=O)c1cc2c(C(F)(F)F)cc(Oc3ccccc3CN3CCCC3)cc2[nH]1. The van der Waals surface area contributed by atoms with Gasteiger partial charge in [0.1, 0.15) is 17.2 Å². The fourth-order valence-corrected chi connectivity index (χ4v) is 3.91. The minimum Gasteiger partial charge on any atom is -0.457 e. The van der Waals surface area contributed by atoms with Gasteiger partial charge in [-0.15, -0.1) is 0 Å². The van der Waals surface area contributed by atoms with E-state index in [0.29, 0.717) is 12.3 Å². The molecule has 2 heterocycles. The molecule has 1 saturated heterocycles. The predicted octanol–water partition coefficient (Wildman–Crippen LogP) is 4.25. The van der Waals surface area contributed by atoms with Gasteiger partial charge < -0.3 is 15.5 Å². The van der Waals surface area contributed by atoms with E-state index in [1.165, 1.54) is 13.1 Å². The predicted molar refractivity (Wildman–Crippen MR) is 119 cm³/mol. The van der Waals surface area contributed by atoms with Crippen molar-refractivity contribution in [2.45, 2.75) is 25.6 Å². The van der Waals surface area contributed by atoms with Crippen molar-refractivity contribution in [3.8, 4) is 11.5 Å². The lowest BCUT2D eigenvalue weighted by molar-refractivity contribution is -0.136. The van der Waals surface area contributed by atoms with E-state index in [-0.39, 0.29) is 28.3 Å². The van der Waals surface area contributed by atoms with Crippen LogP contribution < -0.4 is 15.8 Å². The van der Waals surface area contributed by atoms with E-state index < -0.39 is 17.6 Å². The number of benzene rings is 2. The lowest BCUT2D eigenvalue weighted by Crippen LogP contribution is -2.36. The highest BCUT2D eigenvalue weighted by atomic mass is 19.4. The summed E-state index contributed by atoms with van der Waals surface area (Å²) in [5, 5.41) is 2.16. The van der Waals surface area contributed by atoms with Crippen molar-refractivity contribution in [3.05, 3.63) is 59.3 Å². The van der Waals surface area contributed by atoms with Crippen molar-refractivity contribution in [2.24, 2.45) is 10.7 Å². The van der Waals surface area contributed by atoms with E-state index >= 15 is 0 Å². The van der Waals surface area contributed by atoms with Gasteiger partial charge in [0.2, 0.25) is 0 Å². The first-order valence-corrected chi connectivity index (χ1v) is 10.5. The number of guanidine groups is 1. The summed E-state index contributed by atoms with van der Waals surface area (Å²) in [4.78, 5) is 20.9. The number of aromatic amines is 1. The average molecular weight is 459 g/mol. The molecule has 0 atom stereocenters. The molecule has 1 fully saturated rings. The molecular weight excluding hydrogens is 435 g/mol. The quantitative estimate of drug-likeness (QED) is 0.393. The fourth-order valence-electron chi connectivity index (χ4n) is 3.91. The number of nitrogens with two attached hydrogens (primary N) is 1. The molecule has 1 aromatic heterocycles. The molecule has 4 rings (SSSR count). The fraction of sp³-hybridized carbons (Fsp3) is 0.304. The number of amides is 1. The van der Waals surface area contributed by atoms with Crippen LogP contribution in [0.4, 0.5) is 13.2 Å². The van der Waals surface area contributed by atoms with Crippen LogP contribution in [0.2, 0.25) is 0 Å². The summed E-state index contributed by atoms with van der Waals surface area (Å²) < 4.78 is 47.5. The van der Waals surface area contributed by atoms with Gasteiger partial charge in [-0.05, 0) is 44.1 Å². The zero-order chi connectivity index (χ0) is 23.6. The first-order chi connectivity index (χ1) is 15.7. The van der Waals surface area contributed by atoms with Crippen LogP contribution in [0, 0.1) is 0 Å². The molecule has 33 heavy (non-hydrogen) atoms. The van der Waals surface area contributed by atoms with E-state index in [2.05, 4.69) is 20.2 Å². The summed E-state index contributed by atoms with van der Waals surface area (Å²) in [6.07, 6.45) is -2.38. The second-order valence-electron chi connectivity index (χ2n) is 7.87. The third-order valence-electron chi connectivity index (χ3n) is 5.54. The second-order valence-corrected chi connectivity index (χ2v) is 7.87. The number of alkyl halides is 3. The number of nitrogens with zero attached hydrogens (tertiary/aromatic N) is 2. The molecule has 2 aromatic carbocycles. The normalized spacial score (nSPS) is 15.2. The Morgan fingerprint density at radius 1 is 1.21 bits per heavy atom. The van der Waals surface area contributed by atoms with Gasteiger partial charge in [-0.3, -0.25) is 20.0 Å². The summed E-state index contributed by atoms with van der Waals surface area (Å²) in [6, 6.07) is 10.8. The number of aliphatic imine (C=N–C) groups is 1. The first-order valence-electron chi connectivity index (χ1n) is 10.5. The number of aromatic nitrogens is 1. The molecule has 4 N–H and O–H groups in total. The van der Waals surface area contributed by atoms with Crippen LogP contribution in [0.25, 0.3) is 10.9 Å². The van der Waals surface area contributed by atoms with Crippen molar-refractivity contribution in [1.82, 2.24) is 15.2 Å². The number of H-pyrrole nitrogens is 1. The Balaban J connectivity index is 1.70. The molecule has 7 nitrogen and oxygen atoms in total. The van der Waals surface area contributed by atoms with Crippen molar-refractivity contribution < 1.29 is 22.7 Å². The maximum absolute atomic E-state index is 13.8. The Kier molecular flexibility index (Phi) is 6.28. The third-order valence-corrected chi connectivity index (χ3v) is 5.54.